The molecule has 150 valence electrons. The lowest BCUT2D eigenvalue weighted by Crippen LogP contribution is -2.36. The van der Waals surface area contributed by atoms with Gasteiger partial charge >= 0.3 is 0 Å². The van der Waals surface area contributed by atoms with Crippen molar-refractivity contribution >= 4 is 28.6 Å². The topological polar surface area (TPSA) is 64.0 Å². The van der Waals surface area contributed by atoms with Crippen LogP contribution in [0.5, 0.6) is 0 Å². The Labute approximate surface area is 174 Å². The third-order valence-electron chi connectivity index (χ3n) is 5.48. The van der Waals surface area contributed by atoms with Crippen molar-refractivity contribution < 1.29 is 4.79 Å². The number of para-hydroxylation sites is 1. The summed E-state index contributed by atoms with van der Waals surface area (Å²) >= 11 is 1.34. The number of aromatic nitrogens is 2. The van der Waals surface area contributed by atoms with Gasteiger partial charge in [-0.1, -0.05) is 48.2 Å². The number of nitrogens with one attached hydrogen (secondary N) is 1. The van der Waals surface area contributed by atoms with Crippen LogP contribution in [0.4, 0.5) is 0 Å². The second-order valence-electron chi connectivity index (χ2n) is 7.37. The number of hydrogen-bond donors (Lipinski definition) is 1. The van der Waals surface area contributed by atoms with Crippen LogP contribution in [0.3, 0.4) is 0 Å². The second-order valence-corrected chi connectivity index (χ2v) is 8.68. The van der Waals surface area contributed by atoms with E-state index in [1.165, 1.54) is 22.9 Å². The number of hydrogen-bond acceptors (Lipinski definition) is 4. The minimum atomic E-state index is -0.352. The third kappa shape index (κ3) is 3.94. The Bertz CT molecular complexity index is 1110. The van der Waals surface area contributed by atoms with Crippen LogP contribution in [0.2, 0.25) is 0 Å². The molecule has 2 atom stereocenters. The summed E-state index contributed by atoms with van der Waals surface area (Å²) in [6.07, 6.45) is 3.09. The highest BCUT2D eigenvalue weighted by Gasteiger charge is 2.25. The number of amides is 1. The van der Waals surface area contributed by atoms with E-state index in [0.717, 1.165) is 19.3 Å². The van der Waals surface area contributed by atoms with E-state index in [4.69, 9.17) is 0 Å². The summed E-state index contributed by atoms with van der Waals surface area (Å²) in [7, 11) is 0. The van der Waals surface area contributed by atoms with E-state index in [9.17, 15) is 9.59 Å². The van der Waals surface area contributed by atoms with Crippen molar-refractivity contribution in [2.24, 2.45) is 0 Å². The zero-order chi connectivity index (χ0) is 20.4. The van der Waals surface area contributed by atoms with Gasteiger partial charge in [-0.2, -0.15) is 0 Å². The quantitative estimate of drug-likeness (QED) is 0.511. The first-order valence-electron chi connectivity index (χ1n) is 10.1. The fourth-order valence-electron chi connectivity index (χ4n) is 3.92. The van der Waals surface area contributed by atoms with Gasteiger partial charge in [-0.3, -0.25) is 14.2 Å². The molecule has 1 aliphatic carbocycles. The van der Waals surface area contributed by atoms with Crippen molar-refractivity contribution in [2.45, 2.75) is 56.1 Å². The minimum absolute atomic E-state index is 0.0261. The maximum Gasteiger partial charge on any atom is 0.262 e. The van der Waals surface area contributed by atoms with Gasteiger partial charge in [0.05, 0.1) is 22.2 Å². The zero-order valence-electron chi connectivity index (χ0n) is 16.7. The van der Waals surface area contributed by atoms with Crippen molar-refractivity contribution in [1.82, 2.24) is 14.9 Å². The molecule has 0 saturated carbocycles. The van der Waals surface area contributed by atoms with Crippen LogP contribution in [-0.2, 0) is 17.8 Å². The zero-order valence-corrected chi connectivity index (χ0v) is 17.5. The van der Waals surface area contributed by atoms with E-state index in [0.29, 0.717) is 22.6 Å². The number of nitrogens with zero attached hydrogens (tertiary/aromatic N) is 2. The average Bonchev–Trinajstić information content (AvgIpc) is 2.74. The highest BCUT2D eigenvalue weighted by atomic mass is 32.2. The van der Waals surface area contributed by atoms with Gasteiger partial charge in [-0.05, 0) is 56.4 Å². The van der Waals surface area contributed by atoms with Gasteiger partial charge in [0, 0.05) is 6.54 Å². The van der Waals surface area contributed by atoms with Crippen molar-refractivity contribution in [3.8, 4) is 0 Å². The molecule has 0 unspecified atom stereocenters. The number of benzene rings is 2. The number of aryl methyl sites for hydroxylation is 1. The maximum absolute atomic E-state index is 12.9. The van der Waals surface area contributed by atoms with E-state index < -0.39 is 0 Å². The summed E-state index contributed by atoms with van der Waals surface area (Å²) < 4.78 is 1.65. The lowest BCUT2D eigenvalue weighted by atomic mass is 9.88. The van der Waals surface area contributed by atoms with Gasteiger partial charge in [0.2, 0.25) is 5.91 Å². The second kappa shape index (κ2) is 8.41. The number of rotatable bonds is 5. The standard InChI is InChI=1S/C23H25N3O2S/c1-3-26-22(28)18-12-6-7-13-20(18)25-23(26)29-15(2)21(27)24-19-14-8-10-16-9-4-5-11-17(16)19/h4-7,9,11-13,15,19H,3,8,10,14H2,1-2H3,(H,24,27)/t15-,19+/m1/s1. The summed E-state index contributed by atoms with van der Waals surface area (Å²) in [5, 5.41) is 4.05. The molecule has 0 radical (unpaired) electrons. The molecule has 4 rings (SSSR count). The Balaban J connectivity index is 1.55. The van der Waals surface area contributed by atoms with Crippen LogP contribution >= 0.6 is 11.8 Å². The van der Waals surface area contributed by atoms with Crippen LogP contribution < -0.4 is 10.9 Å². The summed E-state index contributed by atoms with van der Waals surface area (Å²) in [6.45, 7) is 4.31. The van der Waals surface area contributed by atoms with E-state index in [2.05, 4.69) is 28.5 Å². The Morgan fingerprint density at radius 3 is 2.83 bits per heavy atom. The largest absolute Gasteiger partial charge is 0.348 e. The monoisotopic (exact) mass is 407 g/mol. The SMILES string of the molecule is CCn1c(S[C@H](C)C(=O)N[C@H]2CCCc3ccccc32)nc2ccccc2c1=O. The Kier molecular flexibility index (Phi) is 5.72. The third-order valence-corrected chi connectivity index (χ3v) is 6.57. The predicted octanol–water partition coefficient (Wildman–Crippen LogP) is 4.09. The molecular formula is C23H25N3O2S. The molecular weight excluding hydrogens is 382 g/mol. The highest BCUT2D eigenvalue weighted by molar-refractivity contribution is 8.00. The van der Waals surface area contributed by atoms with Crippen LogP contribution in [-0.4, -0.2) is 20.7 Å². The predicted molar refractivity (Wildman–Crippen MR) is 117 cm³/mol. The average molecular weight is 408 g/mol. The molecule has 0 saturated heterocycles. The summed E-state index contributed by atoms with van der Waals surface area (Å²) in [5.74, 6) is -0.0261. The Morgan fingerprint density at radius 2 is 2.00 bits per heavy atom. The van der Waals surface area contributed by atoms with Gasteiger partial charge in [-0.15, -0.1) is 0 Å². The summed E-state index contributed by atoms with van der Waals surface area (Å²) in [4.78, 5) is 30.4. The molecule has 0 fully saturated rings. The molecule has 1 N–H and O–H groups in total. The number of carbonyl (C=O) groups is 1. The fraction of sp³-hybridized carbons (Fsp3) is 0.348. The Hall–Kier alpha value is -2.60. The van der Waals surface area contributed by atoms with Crippen LogP contribution in [0.25, 0.3) is 10.9 Å². The molecule has 0 spiro atoms. The van der Waals surface area contributed by atoms with Crippen LogP contribution in [0.1, 0.15) is 43.9 Å². The van der Waals surface area contributed by atoms with E-state index in [1.54, 1.807) is 10.6 Å². The van der Waals surface area contributed by atoms with Crippen molar-refractivity contribution in [3.63, 3.8) is 0 Å². The van der Waals surface area contributed by atoms with Crippen molar-refractivity contribution in [2.75, 3.05) is 0 Å². The molecule has 5 nitrogen and oxygen atoms in total. The summed E-state index contributed by atoms with van der Waals surface area (Å²) in [5.41, 5.74) is 3.15. The molecule has 0 aliphatic heterocycles. The first kappa shape index (κ1) is 19.7. The van der Waals surface area contributed by atoms with Crippen molar-refractivity contribution in [1.29, 1.82) is 0 Å². The number of fused-ring (bicyclic) bond motifs is 2. The van der Waals surface area contributed by atoms with Gasteiger partial charge in [0.15, 0.2) is 5.16 Å². The molecule has 1 amide bonds. The van der Waals surface area contributed by atoms with Crippen molar-refractivity contribution in [3.05, 3.63) is 70.0 Å². The van der Waals surface area contributed by atoms with E-state index >= 15 is 0 Å². The number of thioether (sulfide) groups is 1. The molecule has 3 aromatic rings. The maximum atomic E-state index is 12.9. The number of carbonyl (C=O) groups excluding carboxylic acids is 1. The fourth-order valence-corrected chi connectivity index (χ4v) is 4.90. The smallest absolute Gasteiger partial charge is 0.262 e. The van der Waals surface area contributed by atoms with Crippen LogP contribution in [0, 0.1) is 0 Å². The normalized spacial score (nSPS) is 17.0. The lowest BCUT2D eigenvalue weighted by molar-refractivity contribution is -0.121. The first-order valence-corrected chi connectivity index (χ1v) is 11.0. The van der Waals surface area contributed by atoms with E-state index in [1.807, 2.05) is 38.1 Å². The van der Waals surface area contributed by atoms with Gasteiger partial charge in [0.1, 0.15) is 0 Å². The van der Waals surface area contributed by atoms with E-state index in [-0.39, 0.29) is 22.8 Å². The molecule has 1 heterocycles. The van der Waals surface area contributed by atoms with Crippen LogP contribution in [0.15, 0.2) is 58.5 Å². The Morgan fingerprint density at radius 1 is 1.24 bits per heavy atom. The molecule has 1 aromatic heterocycles. The van der Waals surface area contributed by atoms with Gasteiger partial charge < -0.3 is 5.32 Å². The molecule has 2 aromatic carbocycles. The molecule has 29 heavy (non-hydrogen) atoms. The summed E-state index contributed by atoms with van der Waals surface area (Å²) in [6, 6.07) is 15.7. The van der Waals surface area contributed by atoms with Gasteiger partial charge in [0.25, 0.3) is 5.56 Å². The minimum Gasteiger partial charge on any atom is -0.348 e. The first-order chi connectivity index (χ1) is 14.1. The lowest BCUT2D eigenvalue weighted by Gasteiger charge is -2.27. The van der Waals surface area contributed by atoms with Gasteiger partial charge in [-0.25, -0.2) is 4.98 Å². The molecule has 0 bridgehead atoms. The molecule has 6 heteroatoms. The molecule has 1 aliphatic rings. The highest BCUT2D eigenvalue weighted by Crippen LogP contribution is 2.30.